The summed E-state index contributed by atoms with van der Waals surface area (Å²) in [6, 6.07) is 0. The van der Waals surface area contributed by atoms with Gasteiger partial charge in [-0.2, -0.15) is 0 Å². The van der Waals surface area contributed by atoms with E-state index < -0.39 is 29.4 Å². The molecule has 0 amide bonds. The van der Waals surface area contributed by atoms with Crippen molar-refractivity contribution in [3.8, 4) is 0 Å². The molecule has 2 atom stereocenters. The molecule has 0 bridgehead atoms. The highest BCUT2D eigenvalue weighted by atomic mass is 16.6. The van der Waals surface area contributed by atoms with Crippen LogP contribution in [0.5, 0.6) is 0 Å². The second-order valence-corrected chi connectivity index (χ2v) is 6.24. The Labute approximate surface area is 115 Å². The molecule has 1 N–H and O–H groups in total. The average molecular weight is 270 g/mol. The first-order valence-corrected chi connectivity index (χ1v) is 6.65. The highest BCUT2D eigenvalue weighted by Gasteiger charge is 2.36. The van der Waals surface area contributed by atoms with E-state index in [2.05, 4.69) is 6.58 Å². The van der Waals surface area contributed by atoms with E-state index in [-0.39, 0.29) is 12.3 Å². The van der Waals surface area contributed by atoms with Crippen molar-refractivity contribution in [2.24, 2.45) is 17.8 Å². The zero-order valence-corrected chi connectivity index (χ0v) is 12.6. The molecule has 0 unspecified atom stereocenters. The molecule has 4 nitrogen and oxygen atoms in total. The number of hydrogen-bond acceptors (Lipinski definition) is 3. The number of allylic oxidation sites excluding steroid dienone is 1. The lowest BCUT2D eigenvalue weighted by atomic mass is 9.83. The Morgan fingerprint density at radius 3 is 2.11 bits per heavy atom. The van der Waals surface area contributed by atoms with Gasteiger partial charge < -0.3 is 9.84 Å². The summed E-state index contributed by atoms with van der Waals surface area (Å²) in [6.07, 6.45) is 2.31. The Hall–Kier alpha value is -1.32. The lowest BCUT2D eigenvalue weighted by molar-refractivity contribution is -0.167. The summed E-state index contributed by atoms with van der Waals surface area (Å²) >= 11 is 0. The second-order valence-electron chi connectivity index (χ2n) is 6.24. The molecular weight excluding hydrogens is 244 g/mol. The van der Waals surface area contributed by atoms with E-state index in [4.69, 9.17) is 4.74 Å². The number of carbonyl (C=O) groups excluding carboxylic acids is 1. The minimum atomic E-state index is -0.976. The first-order chi connectivity index (χ1) is 8.58. The van der Waals surface area contributed by atoms with E-state index in [0.717, 1.165) is 0 Å². The maximum Gasteiger partial charge on any atom is 0.310 e. The monoisotopic (exact) mass is 270 g/mol. The molecule has 110 valence electrons. The molecule has 0 saturated heterocycles. The maximum atomic E-state index is 12.2. The van der Waals surface area contributed by atoms with Crippen LogP contribution >= 0.6 is 0 Å². The highest BCUT2D eigenvalue weighted by molar-refractivity contribution is 5.81. The molecule has 0 spiro atoms. The van der Waals surface area contributed by atoms with Gasteiger partial charge in [-0.3, -0.25) is 9.59 Å². The fourth-order valence-electron chi connectivity index (χ4n) is 1.93. The summed E-state index contributed by atoms with van der Waals surface area (Å²) in [5, 5.41) is 9.28. The Kier molecular flexibility index (Phi) is 6.81. The van der Waals surface area contributed by atoms with Crippen molar-refractivity contribution in [2.75, 3.05) is 0 Å². The van der Waals surface area contributed by atoms with Crippen molar-refractivity contribution < 1.29 is 19.4 Å². The Morgan fingerprint density at radius 2 is 1.79 bits per heavy atom. The Morgan fingerprint density at radius 1 is 1.26 bits per heavy atom. The lowest BCUT2D eigenvalue weighted by Gasteiger charge is -2.27. The molecule has 0 saturated carbocycles. The standard InChI is InChI=1S/C15H26O4/c1-7-8-11(13(16)17)12(9-10(2)3)14(18)19-15(4,5)6/h7,10-12H,1,8-9H2,2-6H3,(H,16,17)/t11-,12+/m1/s1. The normalized spacial score (nSPS) is 14.8. The largest absolute Gasteiger partial charge is 0.481 e. The van der Waals surface area contributed by atoms with E-state index >= 15 is 0 Å². The molecule has 0 heterocycles. The van der Waals surface area contributed by atoms with Crippen LogP contribution in [0.3, 0.4) is 0 Å². The first kappa shape index (κ1) is 17.7. The molecule has 0 aromatic rings. The van der Waals surface area contributed by atoms with Crippen LogP contribution in [0.2, 0.25) is 0 Å². The number of carboxylic acids is 1. The summed E-state index contributed by atoms with van der Waals surface area (Å²) in [4.78, 5) is 23.5. The van der Waals surface area contributed by atoms with Crippen molar-refractivity contribution in [1.29, 1.82) is 0 Å². The molecule has 0 aromatic carbocycles. The van der Waals surface area contributed by atoms with E-state index in [1.165, 1.54) is 6.08 Å². The molecule has 0 aromatic heterocycles. The van der Waals surface area contributed by atoms with Gasteiger partial charge in [-0.15, -0.1) is 6.58 Å². The van der Waals surface area contributed by atoms with Crippen LogP contribution in [-0.4, -0.2) is 22.6 Å². The molecule has 0 fully saturated rings. The van der Waals surface area contributed by atoms with Crippen molar-refractivity contribution in [2.45, 2.75) is 53.1 Å². The quantitative estimate of drug-likeness (QED) is 0.569. The van der Waals surface area contributed by atoms with Gasteiger partial charge in [0.05, 0.1) is 11.8 Å². The number of carboxylic acid groups (broad SMARTS) is 1. The van der Waals surface area contributed by atoms with Crippen molar-refractivity contribution in [3.05, 3.63) is 12.7 Å². The zero-order valence-electron chi connectivity index (χ0n) is 12.6. The SMILES string of the molecule is C=CC[C@@H](C(=O)O)[C@H](CC(C)C)C(=O)OC(C)(C)C. The van der Waals surface area contributed by atoms with E-state index in [1.807, 2.05) is 13.8 Å². The molecule has 0 aliphatic rings. The molecule has 0 aliphatic carbocycles. The van der Waals surface area contributed by atoms with Crippen LogP contribution < -0.4 is 0 Å². The molecule has 4 heteroatoms. The predicted molar refractivity (Wildman–Crippen MR) is 74.7 cm³/mol. The number of hydrogen-bond donors (Lipinski definition) is 1. The fraction of sp³-hybridized carbons (Fsp3) is 0.733. The van der Waals surface area contributed by atoms with Crippen LogP contribution in [0.4, 0.5) is 0 Å². The van der Waals surface area contributed by atoms with Gasteiger partial charge in [0.25, 0.3) is 0 Å². The van der Waals surface area contributed by atoms with E-state index in [1.54, 1.807) is 20.8 Å². The van der Waals surface area contributed by atoms with E-state index in [9.17, 15) is 14.7 Å². The van der Waals surface area contributed by atoms with Gasteiger partial charge in [-0.1, -0.05) is 19.9 Å². The van der Waals surface area contributed by atoms with Crippen molar-refractivity contribution in [3.63, 3.8) is 0 Å². The second kappa shape index (κ2) is 7.31. The average Bonchev–Trinajstić information content (AvgIpc) is 2.19. The number of esters is 1. The van der Waals surface area contributed by atoms with Gasteiger partial charge in [0.2, 0.25) is 0 Å². The molecule has 0 aliphatic heterocycles. The van der Waals surface area contributed by atoms with Gasteiger partial charge in [0, 0.05) is 0 Å². The van der Waals surface area contributed by atoms with Gasteiger partial charge >= 0.3 is 11.9 Å². The van der Waals surface area contributed by atoms with Crippen LogP contribution in [0.1, 0.15) is 47.5 Å². The number of aliphatic carboxylic acids is 1. The number of ether oxygens (including phenoxy) is 1. The van der Waals surface area contributed by atoms with Crippen LogP contribution in [0, 0.1) is 17.8 Å². The summed E-state index contributed by atoms with van der Waals surface area (Å²) in [7, 11) is 0. The van der Waals surface area contributed by atoms with Gasteiger partial charge in [0.1, 0.15) is 5.60 Å². The topological polar surface area (TPSA) is 63.6 Å². The third kappa shape index (κ3) is 6.99. The molecule has 0 rings (SSSR count). The zero-order chi connectivity index (χ0) is 15.2. The third-order valence-corrected chi connectivity index (χ3v) is 2.66. The van der Waals surface area contributed by atoms with Gasteiger partial charge in [0.15, 0.2) is 0 Å². The lowest BCUT2D eigenvalue weighted by Crippen LogP contribution is -2.36. The number of rotatable bonds is 7. The minimum Gasteiger partial charge on any atom is -0.481 e. The summed E-state index contributed by atoms with van der Waals surface area (Å²) < 4.78 is 5.34. The summed E-state index contributed by atoms with van der Waals surface area (Å²) in [5.41, 5.74) is -0.608. The summed E-state index contributed by atoms with van der Waals surface area (Å²) in [5.74, 6) is -2.58. The van der Waals surface area contributed by atoms with Crippen molar-refractivity contribution in [1.82, 2.24) is 0 Å². The first-order valence-electron chi connectivity index (χ1n) is 6.65. The minimum absolute atomic E-state index is 0.226. The molecular formula is C15H26O4. The van der Waals surface area contributed by atoms with Crippen LogP contribution in [0.25, 0.3) is 0 Å². The van der Waals surface area contributed by atoms with Crippen molar-refractivity contribution >= 4 is 11.9 Å². The smallest absolute Gasteiger partial charge is 0.310 e. The third-order valence-electron chi connectivity index (χ3n) is 2.66. The Bertz CT molecular complexity index is 326. The van der Waals surface area contributed by atoms with Gasteiger partial charge in [-0.25, -0.2) is 0 Å². The Balaban J connectivity index is 5.11. The summed E-state index contributed by atoms with van der Waals surface area (Å²) in [6.45, 7) is 12.8. The van der Waals surface area contributed by atoms with E-state index in [0.29, 0.717) is 6.42 Å². The number of carbonyl (C=O) groups is 2. The fourth-order valence-corrected chi connectivity index (χ4v) is 1.93. The molecule has 0 radical (unpaired) electrons. The van der Waals surface area contributed by atoms with Gasteiger partial charge in [-0.05, 0) is 39.5 Å². The maximum absolute atomic E-state index is 12.2. The predicted octanol–water partition coefficient (Wildman–Crippen LogP) is 3.27. The van der Waals surface area contributed by atoms with Crippen LogP contribution in [0.15, 0.2) is 12.7 Å². The highest BCUT2D eigenvalue weighted by Crippen LogP contribution is 2.27. The molecule has 19 heavy (non-hydrogen) atoms. The van der Waals surface area contributed by atoms with Crippen LogP contribution in [-0.2, 0) is 14.3 Å².